The minimum atomic E-state index is -0.567. The fourth-order valence-electron chi connectivity index (χ4n) is 5.15. The topological polar surface area (TPSA) is 95.7 Å². The van der Waals surface area contributed by atoms with E-state index in [1.54, 1.807) is 4.90 Å². The molecule has 1 aromatic rings. The molecule has 3 atom stereocenters. The van der Waals surface area contributed by atoms with Crippen LogP contribution in [0.4, 0.5) is 0 Å². The number of amides is 3. The highest BCUT2D eigenvalue weighted by Crippen LogP contribution is 2.31. The van der Waals surface area contributed by atoms with E-state index in [9.17, 15) is 14.4 Å². The number of likely N-dealkylation sites (tertiary alicyclic amines) is 1. The van der Waals surface area contributed by atoms with Gasteiger partial charge in [-0.2, -0.15) is 0 Å². The molecule has 0 radical (unpaired) electrons. The van der Waals surface area contributed by atoms with E-state index >= 15 is 0 Å². The van der Waals surface area contributed by atoms with Gasteiger partial charge in [-0.15, -0.1) is 0 Å². The van der Waals surface area contributed by atoms with Crippen molar-refractivity contribution < 1.29 is 14.4 Å². The van der Waals surface area contributed by atoms with Crippen molar-refractivity contribution in [2.45, 2.75) is 64.7 Å². The Morgan fingerprint density at radius 3 is 2.70 bits per heavy atom. The maximum absolute atomic E-state index is 12.9. The monoisotopic (exact) mass is 412 g/mol. The number of piperidine rings is 2. The minimum absolute atomic E-state index is 0.122. The summed E-state index contributed by atoms with van der Waals surface area (Å²) < 4.78 is 0. The van der Waals surface area contributed by atoms with Gasteiger partial charge in [-0.3, -0.25) is 24.6 Å². The maximum Gasteiger partial charge on any atom is 0.255 e. The molecule has 7 nitrogen and oxygen atoms in total. The summed E-state index contributed by atoms with van der Waals surface area (Å²) in [4.78, 5) is 40.6. The Balaban J connectivity index is 1.45. The molecule has 3 heterocycles. The molecule has 0 aliphatic carbocycles. The van der Waals surface area contributed by atoms with Crippen LogP contribution in [-0.2, 0) is 22.7 Å². The number of fused-ring (bicyclic) bond motifs is 1. The van der Waals surface area contributed by atoms with Crippen LogP contribution in [0.1, 0.15) is 61.0 Å². The van der Waals surface area contributed by atoms with Crippen molar-refractivity contribution in [3.8, 4) is 0 Å². The zero-order chi connectivity index (χ0) is 21.4. The third kappa shape index (κ3) is 4.01. The SMILES string of the molecule is CC(C)[C@@H]1CCN(Cc2ccc3c(c2)CN(C2CCC(=O)NC2=O)C3=O)[C@H](CN)C1. The summed E-state index contributed by atoms with van der Waals surface area (Å²) in [6, 6.07) is 5.83. The fraction of sp³-hybridized carbons (Fsp3) is 0.609. The molecule has 162 valence electrons. The van der Waals surface area contributed by atoms with Gasteiger partial charge in [0.05, 0.1) is 0 Å². The zero-order valence-electron chi connectivity index (χ0n) is 17.9. The summed E-state index contributed by atoms with van der Waals surface area (Å²) in [5.74, 6) is 0.661. The first kappa shape index (κ1) is 21.0. The molecular formula is C23H32N4O3. The van der Waals surface area contributed by atoms with E-state index in [1.807, 2.05) is 12.1 Å². The fourth-order valence-corrected chi connectivity index (χ4v) is 5.15. The maximum atomic E-state index is 12.9. The second kappa shape index (κ2) is 8.47. The number of rotatable bonds is 5. The van der Waals surface area contributed by atoms with Crippen molar-refractivity contribution in [2.75, 3.05) is 13.1 Å². The summed E-state index contributed by atoms with van der Waals surface area (Å²) in [6.45, 7) is 7.54. The Bertz CT molecular complexity index is 853. The zero-order valence-corrected chi connectivity index (χ0v) is 17.9. The number of nitrogens with two attached hydrogens (primary N) is 1. The van der Waals surface area contributed by atoms with Crippen LogP contribution in [0.25, 0.3) is 0 Å². The molecule has 3 amide bonds. The first-order valence-corrected chi connectivity index (χ1v) is 11.1. The van der Waals surface area contributed by atoms with Gasteiger partial charge in [0, 0.05) is 37.7 Å². The standard InChI is InChI=1S/C23H32N4O3/c1-14(2)16-7-8-26(18(10-16)11-24)12-15-3-4-19-17(9-15)13-27(23(19)30)20-5-6-21(28)25-22(20)29/h3-4,9,14,16,18,20H,5-8,10-13,24H2,1-2H3,(H,25,28,29)/t16-,18+,20?/m1/s1. The second-order valence-electron chi connectivity index (χ2n) is 9.28. The molecule has 0 bridgehead atoms. The number of benzene rings is 1. The highest BCUT2D eigenvalue weighted by molar-refractivity contribution is 6.05. The van der Waals surface area contributed by atoms with Crippen molar-refractivity contribution in [3.63, 3.8) is 0 Å². The molecule has 0 aromatic heterocycles. The molecule has 4 rings (SSSR count). The van der Waals surface area contributed by atoms with Crippen LogP contribution in [0.2, 0.25) is 0 Å². The van der Waals surface area contributed by atoms with Crippen molar-refractivity contribution >= 4 is 17.7 Å². The molecule has 7 heteroatoms. The Morgan fingerprint density at radius 1 is 1.20 bits per heavy atom. The Labute approximate surface area is 178 Å². The van der Waals surface area contributed by atoms with Crippen LogP contribution >= 0.6 is 0 Å². The van der Waals surface area contributed by atoms with Crippen LogP contribution in [0.3, 0.4) is 0 Å². The average Bonchev–Trinajstić information content (AvgIpc) is 3.04. The second-order valence-corrected chi connectivity index (χ2v) is 9.28. The number of imide groups is 1. The summed E-state index contributed by atoms with van der Waals surface area (Å²) in [6.07, 6.45) is 3.00. The summed E-state index contributed by atoms with van der Waals surface area (Å²) in [5.41, 5.74) is 8.89. The summed E-state index contributed by atoms with van der Waals surface area (Å²) >= 11 is 0. The largest absolute Gasteiger partial charge is 0.329 e. The molecule has 30 heavy (non-hydrogen) atoms. The van der Waals surface area contributed by atoms with E-state index in [-0.39, 0.29) is 24.1 Å². The van der Waals surface area contributed by atoms with Gasteiger partial charge in [0.15, 0.2) is 0 Å². The Hall–Kier alpha value is -2.25. The van der Waals surface area contributed by atoms with E-state index in [4.69, 9.17) is 5.73 Å². The molecular weight excluding hydrogens is 380 g/mol. The van der Waals surface area contributed by atoms with Crippen LogP contribution < -0.4 is 11.1 Å². The van der Waals surface area contributed by atoms with Gasteiger partial charge in [-0.1, -0.05) is 26.0 Å². The first-order chi connectivity index (χ1) is 14.4. The lowest BCUT2D eigenvalue weighted by Gasteiger charge is -2.40. The van der Waals surface area contributed by atoms with Gasteiger partial charge in [0.25, 0.3) is 5.91 Å². The minimum Gasteiger partial charge on any atom is -0.329 e. The number of nitrogens with zero attached hydrogens (tertiary/aromatic N) is 2. The lowest BCUT2D eigenvalue weighted by atomic mass is 9.82. The molecule has 1 unspecified atom stereocenters. The summed E-state index contributed by atoms with van der Waals surface area (Å²) in [7, 11) is 0. The highest BCUT2D eigenvalue weighted by Gasteiger charge is 2.39. The van der Waals surface area contributed by atoms with Gasteiger partial charge < -0.3 is 10.6 Å². The molecule has 2 saturated heterocycles. The average molecular weight is 413 g/mol. The van der Waals surface area contributed by atoms with Crippen molar-refractivity contribution in [1.82, 2.24) is 15.1 Å². The van der Waals surface area contributed by atoms with Crippen molar-refractivity contribution in [1.29, 1.82) is 0 Å². The Kier molecular flexibility index (Phi) is 5.93. The number of carbonyl (C=O) groups is 3. The van der Waals surface area contributed by atoms with Gasteiger partial charge in [0.2, 0.25) is 11.8 Å². The predicted octanol–water partition coefficient (Wildman–Crippen LogP) is 1.64. The van der Waals surface area contributed by atoms with Crippen molar-refractivity contribution in [2.24, 2.45) is 17.6 Å². The molecule has 0 spiro atoms. The lowest BCUT2D eigenvalue weighted by Crippen LogP contribution is -2.52. The normalized spacial score (nSPS) is 27.5. The van der Waals surface area contributed by atoms with Gasteiger partial charge in [0.1, 0.15) is 6.04 Å². The van der Waals surface area contributed by atoms with Crippen LogP contribution in [0.5, 0.6) is 0 Å². The molecule has 2 fully saturated rings. The van der Waals surface area contributed by atoms with Gasteiger partial charge in [-0.25, -0.2) is 0 Å². The lowest BCUT2D eigenvalue weighted by molar-refractivity contribution is -0.136. The molecule has 3 N–H and O–H groups in total. The molecule has 1 aromatic carbocycles. The van der Waals surface area contributed by atoms with E-state index in [0.29, 0.717) is 37.0 Å². The third-order valence-electron chi connectivity index (χ3n) is 7.07. The quantitative estimate of drug-likeness (QED) is 0.717. The van der Waals surface area contributed by atoms with Crippen LogP contribution in [0, 0.1) is 11.8 Å². The van der Waals surface area contributed by atoms with E-state index in [1.165, 1.54) is 12.0 Å². The van der Waals surface area contributed by atoms with E-state index in [2.05, 4.69) is 30.1 Å². The molecule has 3 aliphatic heterocycles. The number of hydrogen-bond acceptors (Lipinski definition) is 5. The molecule has 0 saturated carbocycles. The van der Waals surface area contributed by atoms with Gasteiger partial charge >= 0.3 is 0 Å². The van der Waals surface area contributed by atoms with Gasteiger partial charge in [-0.05, 0) is 54.8 Å². The molecule has 3 aliphatic rings. The third-order valence-corrected chi connectivity index (χ3v) is 7.07. The highest BCUT2D eigenvalue weighted by atomic mass is 16.2. The predicted molar refractivity (Wildman–Crippen MR) is 113 cm³/mol. The Morgan fingerprint density at radius 2 is 2.00 bits per heavy atom. The van der Waals surface area contributed by atoms with E-state index in [0.717, 1.165) is 31.0 Å². The number of hydrogen-bond donors (Lipinski definition) is 2. The van der Waals surface area contributed by atoms with Crippen LogP contribution in [-0.4, -0.2) is 52.7 Å². The number of nitrogens with one attached hydrogen (secondary N) is 1. The number of carbonyl (C=O) groups excluding carboxylic acids is 3. The van der Waals surface area contributed by atoms with E-state index < -0.39 is 6.04 Å². The summed E-state index contributed by atoms with van der Waals surface area (Å²) in [5, 5.41) is 2.35. The van der Waals surface area contributed by atoms with Crippen LogP contribution in [0.15, 0.2) is 18.2 Å². The smallest absolute Gasteiger partial charge is 0.255 e. The van der Waals surface area contributed by atoms with Crippen molar-refractivity contribution in [3.05, 3.63) is 34.9 Å². The first-order valence-electron chi connectivity index (χ1n) is 11.1.